The highest BCUT2D eigenvalue weighted by Gasteiger charge is 2.13. The first-order chi connectivity index (χ1) is 16.0. The zero-order chi connectivity index (χ0) is 23.2. The molecule has 0 fully saturated rings. The van der Waals surface area contributed by atoms with Gasteiger partial charge < -0.3 is 9.30 Å². The van der Waals surface area contributed by atoms with Crippen LogP contribution in [0, 0.1) is 0 Å². The van der Waals surface area contributed by atoms with E-state index in [1.54, 1.807) is 42.5 Å². The van der Waals surface area contributed by atoms with Crippen LogP contribution in [0.5, 0.6) is 5.75 Å². The van der Waals surface area contributed by atoms with Gasteiger partial charge in [-0.05, 0) is 72.3 Å². The van der Waals surface area contributed by atoms with Crippen LogP contribution < -0.4 is 10.2 Å². The number of halogens is 2. The number of esters is 1. The van der Waals surface area contributed by atoms with Crippen molar-refractivity contribution < 1.29 is 14.3 Å². The van der Waals surface area contributed by atoms with E-state index in [4.69, 9.17) is 27.9 Å². The molecule has 1 amide bonds. The molecule has 0 bridgehead atoms. The molecular weight excluding hydrogens is 461 g/mol. The molecule has 1 aromatic heterocycles. The van der Waals surface area contributed by atoms with E-state index in [-0.39, 0.29) is 16.5 Å². The maximum Gasteiger partial charge on any atom is 0.345 e. The number of rotatable bonds is 6. The van der Waals surface area contributed by atoms with Gasteiger partial charge in [0.2, 0.25) is 0 Å². The second-order valence-electron chi connectivity index (χ2n) is 6.89. The highest BCUT2D eigenvalue weighted by atomic mass is 35.5. The normalized spacial score (nSPS) is 10.8. The first-order valence-electron chi connectivity index (χ1n) is 9.84. The van der Waals surface area contributed by atoms with Crippen molar-refractivity contribution in [2.75, 3.05) is 0 Å². The van der Waals surface area contributed by atoms with Crippen LogP contribution in [0.4, 0.5) is 0 Å². The Balaban J connectivity index is 1.38. The molecule has 8 heteroatoms. The van der Waals surface area contributed by atoms with Gasteiger partial charge in [-0.2, -0.15) is 5.10 Å². The second-order valence-corrected chi connectivity index (χ2v) is 7.73. The summed E-state index contributed by atoms with van der Waals surface area (Å²) in [5, 5.41) is 4.67. The Morgan fingerprint density at radius 1 is 0.879 bits per heavy atom. The van der Waals surface area contributed by atoms with Gasteiger partial charge >= 0.3 is 5.97 Å². The maximum atomic E-state index is 12.6. The Morgan fingerprint density at radius 2 is 1.61 bits per heavy atom. The number of aromatic nitrogens is 1. The lowest BCUT2D eigenvalue weighted by molar-refractivity contribution is 0.0734. The zero-order valence-corrected chi connectivity index (χ0v) is 18.6. The number of ether oxygens (including phenoxy) is 1. The van der Waals surface area contributed by atoms with Crippen molar-refractivity contribution >= 4 is 41.3 Å². The molecule has 0 aliphatic heterocycles. The summed E-state index contributed by atoms with van der Waals surface area (Å²) < 4.78 is 7.20. The molecule has 0 radical (unpaired) electrons. The Morgan fingerprint density at radius 3 is 2.33 bits per heavy atom. The first-order valence-corrected chi connectivity index (χ1v) is 10.6. The molecule has 3 aromatic carbocycles. The predicted molar refractivity (Wildman–Crippen MR) is 129 cm³/mol. The number of carbonyl (C=O) groups excluding carboxylic acids is 2. The van der Waals surface area contributed by atoms with Crippen molar-refractivity contribution in [3.05, 3.63) is 118 Å². The van der Waals surface area contributed by atoms with Crippen molar-refractivity contribution in [3.8, 4) is 11.4 Å². The SMILES string of the molecule is O=C(Oc1ccc(C=NNC(=O)c2ccccc2-n2cccc2)cc1)c1ccc(Cl)cc1Cl. The van der Waals surface area contributed by atoms with Crippen LogP contribution >= 0.6 is 23.2 Å². The number of para-hydroxylation sites is 1. The average molecular weight is 478 g/mol. The summed E-state index contributed by atoms with van der Waals surface area (Å²) in [4.78, 5) is 24.9. The number of carbonyl (C=O) groups is 2. The predicted octanol–water partition coefficient (Wildman–Crippen LogP) is 5.77. The molecule has 33 heavy (non-hydrogen) atoms. The van der Waals surface area contributed by atoms with Crippen molar-refractivity contribution in [1.82, 2.24) is 9.99 Å². The van der Waals surface area contributed by atoms with Gasteiger partial charge in [0.15, 0.2) is 0 Å². The highest BCUT2D eigenvalue weighted by Crippen LogP contribution is 2.23. The summed E-state index contributed by atoms with van der Waals surface area (Å²) in [6.07, 6.45) is 5.23. The third kappa shape index (κ3) is 5.49. The van der Waals surface area contributed by atoms with E-state index in [0.717, 1.165) is 5.69 Å². The van der Waals surface area contributed by atoms with Crippen LogP contribution in [0.15, 0.2) is 96.4 Å². The molecule has 0 aliphatic carbocycles. The summed E-state index contributed by atoms with van der Waals surface area (Å²) in [5.41, 5.74) is 4.71. The van der Waals surface area contributed by atoms with Gasteiger partial charge in [-0.15, -0.1) is 0 Å². The van der Waals surface area contributed by atoms with Crippen molar-refractivity contribution in [3.63, 3.8) is 0 Å². The van der Waals surface area contributed by atoms with Crippen LogP contribution in [0.1, 0.15) is 26.3 Å². The molecule has 4 aromatic rings. The largest absolute Gasteiger partial charge is 0.423 e. The minimum absolute atomic E-state index is 0.213. The van der Waals surface area contributed by atoms with Crippen LogP contribution in [0.25, 0.3) is 5.69 Å². The van der Waals surface area contributed by atoms with Gasteiger partial charge in [0.05, 0.1) is 28.1 Å². The molecule has 0 atom stereocenters. The molecule has 0 spiro atoms. The highest BCUT2D eigenvalue weighted by molar-refractivity contribution is 6.36. The van der Waals surface area contributed by atoms with Gasteiger partial charge in [-0.1, -0.05) is 35.3 Å². The van der Waals surface area contributed by atoms with Crippen LogP contribution in [-0.2, 0) is 0 Å². The lowest BCUT2D eigenvalue weighted by Crippen LogP contribution is -2.19. The number of nitrogens with one attached hydrogen (secondary N) is 1. The molecule has 0 saturated carbocycles. The minimum atomic E-state index is -0.591. The third-order valence-corrected chi connectivity index (χ3v) is 5.20. The van der Waals surface area contributed by atoms with E-state index < -0.39 is 5.97 Å². The topological polar surface area (TPSA) is 72.7 Å². The molecule has 164 valence electrons. The van der Waals surface area contributed by atoms with E-state index in [2.05, 4.69) is 10.5 Å². The lowest BCUT2D eigenvalue weighted by atomic mass is 10.1. The zero-order valence-electron chi connectivity index (χ0n) is 17.1. The Hall–Kier alpha value is -3.87. The fraction of sp³-hybridized carbons (Fsp3) is 0. The Bertz CT molecular complexity index is 1320. The maximum absolute atomic E-state index is 12.6. The average Bonchev–Trinajstić information content (AvgIpc) is 3.35. The summed E-state index contributed by atoms with van der Waals surface area (Å²) >= 11 is 11.9. The molecule has 4 rings (SSSR count). The van der Waals surface area contributed by atoms with Crippen LogP contribution in [-0.4, -0.2) is 22.7 Å². The molecule has 0 saturated heterocycles. The van der Waals surface area contributed by atoms with Gasteiger partial charge in [-0.25, -0.2) is 10.2 Å². The van der Waals surface area contributed by atoms with Crippen LogP contribution in [0.3, 0.4) is 0 Å². The fourth-order valence-corrected chi connectivity index (χ4v) is 3.54. The molecule has 0 unspecified atom stereocenters. The Kier molecular flexibility index (Phi) is 6.88. The minimum Gasteiger partial charge on any atom is -0.423 e. The van der Waals surface area contributed by atoms with Crippen molar-refractivity contribution in [1.29, 1.82) is 0 Å². The number of nitrogens with zero attached hydrogens (tertiary/aromatic N) is 2. The second kappa shape index (κ2) is 10.2. The van der Waals surface area contributed by atoms with Gasteiger partial charge in [0, 0.05) is 17.4 Å². The van der Waals surface area contributed by atoms with E-state index in [1.807, 2.05) is 41.2 Å². The standard InChI is InChI=1S/C25H17Cl2N3O3/c26-18-9-12-20(22(27)15-18)25(32)33-19-10-7-17(8-11-19)16-28-29-24(31)21-5-1-2-6-23(21)30-13-3-4-14-30/h1-16H,(H,29,31). The van der Waals surface area contributed by atoms with E-state index in [9.17, 15) is 9.59 Å². The number of hydrogen-bond donors (Lipinski definition) is 1. The fourth-order valence-electron chi connectivity index (χ4n) is 3.05. The van der Waals surface area contributed by atoms with Crippen LogP contribution in [0.2, 0.25) is 10.0 Å². The van der Waals surface area contributed by atoms with E-state index in [0.29, 0.717) is 21.9 Å². The van der Waals surface area contributed by atoms with Gasteiger partial charge in [0.25, 0.3) is 5.91 Å². The molecule has 6 nitrogen and oxygen atoms in total. The van der Waals surface area contributed by atoms with E-state index >= 15 is 0 Å². The molecule has 0 aliphatic rings. The monoisotopic (exact) mass is 477 g/mol. The Labute approximate surface area is 200 Å². The van der Waals surface area contributed by atoms with Crippen molar-refractivity contribution in [2.45, 2.75) is 0 Å². The summed E-state index contributed by atoms with van der Waals surface area (Å²) in [7, 11) is 0. The number of benzene rings is 3. The molecular formula is C25H17Cl2N3O3. The lowest BCUT2D eigenvalue weighted by Gasteiger charge is -2.09. The summed E-state index contributed by atoms with van der Waals surface area (Å²) in [6, 6.07) is 22.2. The molecule has 1 heterocycles. The quantitative estimate of drug-likeness (QED) is 0.166. The summed E-state index contributed by atoms with van der Waals surface area (Å²) in [6.45, 7) is 0. The number of hydrazone groups is 1. The third-order valence-electron chi connectivity index (χ3n) is 4.65. The number of hydrogen-bond acceptors (Lipinski definition) is 4. The van der Waals surface area contributed by atoms with Gasteiger partial charge in [0.1, 0.15) is 5.75 Å². The molecule has 1 N–H and O–H groups in total. The summed E-state index contributed by atoms with van der Waals surface area (Å²) in [5.74, 6) is -0.583. The smallest absolute Gasteiger partial charge is 0.345 e. The number of amides is 1. The first kappa shape index (κ1) is 22.3. The van der Waals surface area contributed by atoms with Crippen molar-refractivity contribution in [2.24, 2.45) is 5.10 Å². The van der Waals surface area contributed by atoms with E-state index in [1.165, 1.54) is 18.3 Å². The van der Waals surface area contributed by atoms with Gasteiger partial charge in [-0.3, -0.25) is 4.79 Å².